The molecule has 1 aromatic rings. The monoisotopic (exact) mass is 182 g/mol. The third kappa shape index (κ3) is 3.06. The van der Waals surface area contributed by atoms with Gasteiger partial charge in [-0.3, -0.25) is 4.79 Å². The van der Waals surface area contributed by atoms with E-state index in [4.69, 9.17) is 4.74 Å². The fraction of sp³-hybridized carbons (Fsp3) is 0.375. The van der Waals surface area contributed by atoms with Gasteiger partial charge in [-0.15, -0.1) is 0 Å². The minimum absolute atomic E-state index is 0.137. The van der Waals surface area contributed by atoms with Crippen LogP contribution >= 0.6 is 0 Å². The fourth-order valence-electron chi connectivity index (χ4n) is 0.846. The molecule has 0 spiro atoms. The Hall–Kier alpha value is -1.65. The smallest absolute Gasteiger partial charge is 0.344 e. The number of H-pyrrole nitrogens is 1. The molecule has 0 saturated carbocycles. The quantitative estimate of drug-likeness (QED) is 0.661. The lowest BCUT2D eigenvalue weighted by Gasteiger charge is -1.99. The zero-order valence-electron chi connectivity index (χ0n) is 7.24. The van der Waals surface area contributed by atoms with Crippen LogP contribution < -0.4 is 5.69 Å². The molecule has 13 heavy (non-hydrogen) atoms. The van der Waals surface area contributed by atoms with Gasteiger partial charge < -0.3 is 9.72 Å². The Balaban J connectivity index is 2.59. The van der Waals surface area contributed by atoms with Crippen LogP contribution in [0.25, 0.3) is 0 Å². The molecule has 5 heteroatoms. The number of carbonyl (C=O) groups is 1. The highest BCUT2D eigenvalue weighted by Gasteiger charge is 2.03. The summed E-state index contributed by atoms with van der Waals surface area (Å²) in [7, 11) is 0. The second-order valence-corrected chi connectivity index (χ2v) is 2.41. The van der Waals surface area contributed by atoms with Gasteiger partial charge in [0.15, 0.2) is 0 Å². The van der Waals surface area contributed by atoms with Crippen molar-refractivity contribution in [2.45, 2.75) is 13.3 Å². The Bertz CT molecular complexity index is 325. The number of rotatable bonds is 3. The molecule has 1 rings (SSSR count). The molecule has 1 aromatic heterocycles. The Morgan fingerprint density at radius 1 is 1.69 bits per heavy atom. The molecular weight excluding hydrogens is 172 g/mol. The average molecular weight is 182 g/mol. The molecule has 0 fully saturated rings. The number of nitrogens with one attached hydrogen (secondary N) is 1. The van der Waals surface area contributed by atoms with Crippen molar-refractivity contribution in [1.29, 1.82) is 0 Å². The summed E-state index contributed by atoms with van der Waals surface area (Å²) >= 11 is 0. The summed E-state index contributed by atoms with van der Waals surface area (Å²) in [6, 6.07) is 0. The van der Waals surface area contributed by atoms with Crippen molar-refractivity contribution in [3.8, 4) is 0 Å². The van der Waals surface area contributed by atoms with Crippen LogP contribution in [0.1, 0.15) is 12.5 Å². The molecular formula is C8H10N2O3. The minimum Gasteiger partial charge on any atom is -0.466 e. The summed E-state index contributed by atoms with van der Waals surface area (Å²) in [5.41, 5.74) is 0.214. The molecule has 1 heterocycles. The van der Waals surface area contributed by atoms with Crippen LogP contribution in [0.3, 0.4) is 0 Å². The maximum Gasteiger partial charge on any atom is 0.344 e. The Morgan fingerprint density at radius 3 is 3.00 bits per heavy atom. The summed E-state index contributed by atoms with van der Waals surface area (Å²) in [4.78, 5) is 27.4. The van der Waals surface area contributed by atoms with Crippen molar-refractivity contribution in [1.82, 2.24) is 9.97 Å². The number of ether oxygens (including phenoxy) is 1. The van der Waals surface area contributed by atoms with E-state index in [0.29, 0.717) is 12.2 Å². The van der Waals surface area contributed by atoms with E-state index in [1.54, 1.807) is 6.92 Å². The zero-order chi connectivity index (χ0) is 9.68. The first-order valence-corrected chi connectivity index (χ1v) is 3.91. The van der Waals surface area contributed by atoms with E-state index < -0.39 is 5.69 Å². The van der Waals surface area contributed by atoms with Crippen molar-refractivity contribution in [2.75, 3.05) is 6.61 Å². The Labute approximate surface area is 74.8 Å². The van der Waals surface area contributed by atoms with E-state index in [1.165, 1.54) is 12.4 Å². The topological polar surface area (TPSA) is 72.0 Å². The third-order valence-corrected chi connectivity index (χ3v) is 1.38. The molecule has 0 aromatic carbocycles. The summed E-state index contributed by atoms with van der Waals surface area (Å²) in [6.45, 7) is 2.10. The lowest BCUT2D eigenvalue weighted by atomic mass is 10.2. The second kappa shape index (κ2) is 4.39. The number of hydrogen-bond donors (Lipinski definition) is 1. The Morgan fingerprint density at radius 2 is 2.46 bits per heavy atom. The molecule has 0 saturated heterocycles. The van der Waals surface area contributed by atoms with Gasteiger partial charge in [-0.05, 0) is 12.5 Å². The van der Waals surface area contributed by atoms with E-state index in [9.17, 15) is 9.59 Å². The first-order chi connectivity index (χ1) is 6.22. The SMILES string of the molecule is CCOC(=O)Cc1cnc(=O)[nH]c1. The number of carbonyl (C=O) groups excluding carboxylic acids is 1. The molecule has 0 atom stereocenters. The van der Waals surface area contributed by atoms with E-state index in [0.717, 1.165) is 0 Å². The van der Waals surface area contributed by atoms with Gasteiger partial charge in [-0.25, -0.2) is 9.78 Å². The van der Waals surface area contributed by atoms with Gasteiger partial charge in [0, 0.05) is 12.4 Å². The highest BCUT2D eigenvalue weighted by atomic mass is 16.5. The molecule has 0 amide bonds. The second-order valence-electron chi connectivity index (χ2n) is 2.41. The van der Waals surface area contributed by atoms with Crippen LogP contribution in [0.2, 0.25) is 0 Å². The predicted molar refractivity (Wildman–Crippen MR) is 45.2 cm³/mol. The zero-order valence-corrected chi connectivity index (χ0v) is 7.24. The van der Waals surface area contributed by atoms with Crippen LogP contribution in [0.15, 0.2) is 17.2 Å². The van der Waals surface area contributed by atoms with E-state index in [2.05, 4.69) is 9.97 Å². The molecule has 70 valence electrons. The summed E-state index contributed by atoms with van der Waals surface area (Å²) < 4.78 is 4.72. The highest BCUT2D eigenvalue weighted by Crippen LogP contribution is 1.94. The predicted octanol–water partition coefficient (Wildman–Crippen LogP) is -0.124. The van der Waals surface area contributed by atoms with E-state index in [-0.39, 0.29) is 12.4 Å². The van der Waals surface area contributed by atoms with Crippen molar-refractivity contribution >= 4 is 5.97 Å². The number of aromatic amines is 1. The van der Waals surface area contributed by atoms with Crippen molar-refractivity contribution in [3.63, 3.8) is 0 Å². The normalized spacial score (nSPS) is 9.62. The third-order valence-electron chi connectivity index (χ3n) is 1.38. The fourth-order valence-corrected chi connectivity index (χ4v) is 0.846. The van der Waals surface area contributed by atoms with Gasteiger partial charge in [-0.1, -0.05) is 0 Å². The largest absolute Gasteiger partial charge is 0.466 e. The maximum atomic E-state index is 11.0. The van der Waals surface area contributed by atoms with Gasteiger partial charge in [-0.2, -0.15) is 0 Å². The van der Waals surface area contributed by atoms with Gasteiger partial charge in [0.1, 0.15) is 0 Å². The molecule has 0 bridgehead atoms. The minimum atomic E-state index is -0.424. The highest BCUT2D eigenvalue weighted by molar-refractivity contribution is 5.72. The lowest BCUT2D eigenvalue weighted by molar-refractivity contribution is -0.142. The summed E-state index contributed by atoms with van der Waals surface area (Å²) in [5, 5.41) is 0. The number of aromatic nitrogens is 2. The van der Waals surface area contributed by atoms with Gasteiger partial charge in [0.25, 0.3) is 0 Å². The molecule has 0 aliphatic heterocycles. The van der Waals surface area contributed by atoms with Crippen molar-refractivity contribution < 1.29 is 9.53 Å². The maximum absolute atomic E-state index is 11.0. The van der Waals surface area contributed by atoms with Gasteiger partial charge in [0.05, 0.1) is 13.0 Å². The number of esters is 1. The van der Waals surface area contributed by atoms with E-state index in [1.807, 2.05) is 0 Å². The number of hydrogen-bond acceptors (Lipinski definition) is 4. The lowest BCUT2D eigenvalue weighted by Crippen LogP contribution is -2.12. The molecule has 0 aliphatic carbocycles. The molecule has 0 aliphatic rings. The van der Waals surface area contributed by atoms with E-state index >= 15 is 0 Å². The van der Waals surface area contributed by atoms with Crippen LogP contribution in [0.5, 0.6) is 0 Å². The van der Waals surface area contributed by atoms with Crippen molar-refractivity contribution in [3.05, 3.63) is 28.4 Å². The standard InChI is InChI=1S/C8H10N2O3/c1-2-13-7(11)3-6-4-9-8(12)10-5-6/h4-5H,2-3H2,1H3,(H,9,10,12). The van der Waals surface area contributed by atoms with Crippen LogP contribution in [-0.4, -0.2) is 22.5 Å². The van der Waals surface area contributed by atoms with Gasteiger partial charge >= 0.3 is 11.7 Å². The van der Waals surface area contributed by atoms with Crippen LogP contribution in [0, 0.1) is 0 Å². The van der Waals surface area contributed by atoms with Crippen LogP contribution in [-0.2, 0) is 16.0 Å². The molecule has 5 nitrogen and oxygen atoms in total. The van der Waals surface area contributed by atoms with Gasteiger partial charge in [0.2, 0.25) is 0 Å². The number of nitrogens with zero attached hydrogens (tertiary/aromatic N) is 1. The average Bonchev–Trinajstić information content (AvgIpc) is 2.09. The Kier molecular flexibility index (Phi) is 3.19. The first-order valence-electron chi connectivity index (χ1n) is 3.91. The molecule has 0 radical (unpaired) electrons. The summed E-state index contributed by atoms with van der Waals surface area (Å²) in [5.74, 6) is -0.323. The summed E-state index contributed by atoms with van der Waals surface area (Å²) in [6.07, 6.45) is 2.94. The van der Waals surface area contributed by atoms with Crippen molar-refractivity contribution in [2.24, 2.45) is 0 Å². The molecule has 1 N–H and O–H groups in total. The van der Waals surface area contributed by atoms with Crippen LogP contribution in [0.4, 0.5) is 0 Å². The molecule has 0 unspecified atom stereocenters. The first kappa shape index (κ1) is 9.44.